The number of halogens is 2. The molecule has 2 rings (SSSR count). The minimum atomic E-state index is -0.426. The summed E-state index contributed by atoms with van der Waals surface area (Å²) in [5.74, 6) is -0.369. The van der Waals surface area contributed by atoms with Gasteiger partial charge in [-0.25, -0.2) is 8.78 Å². The van der Waals surface area contributed by atoms with E-state index in [4.69, 9.17) is 4.74 Å². The van der Waals surface area contributed by atoms with Crippen molar-refractivity contribution in [1.29, 1.82) is 0 Å². The molecule has 0 bridgehead atoms. The predicted molar refractivity (Wildman–Crippen MR) is 80.4 cm³/mol. The Kier molecular flexibility index (Phi) is 4.91. The van der Waals surface area contributed by atoms with Gasteiger partial charge in [0.05, 0.1) is 7.11 Å². The second-order valence-electron chi connectivity index (χ2n) is 4.86. The number of rotatable bonds is 5. The van der Waals surface area contributed by atoms with E-state index in [1.165, 1.54) is 25.3 Å². The summed E-state index contributed by atoms with van der Waals surface area (Å²) in [5, 5.41) is 3.26. The van der Waals surface area contributed by atoms with Crippen LogP contribution in [-0.4, -0.2) is 13.7 Å². The van der Waals surface area contributed by atoms with E-state index in [-0.39, 0.29) is 11.9 Å². The molecule has 2 nitrogen and oxygen atoms in total. The van der Waals surface area contributed by atoms with Crippen molar-refractivity contribution in [3.05, 3.63) is 53.6 Å². The van der Waals surface area contributed by atoms with Crippen molar-refractivity contribution in [2.45, 2.75) is 19.9 Å². The molecule has 21 heavy (non-hydrogen) atoms. The zero-order valence-corrected chi connectivity index (χ0v) is 12.4. The minimum absolute atomic E-state index is 0.00658. The number of methoxy groups -OCH3 is 1. The summed E-state index contributed by atoms with van der Waals surface area (Å²) >= 11 is 0. The fraction of sp³-hybridized carbons (Fsp3) is 0.294. The summed E-state index contributed by atoms with van der Waals surface area (Å²) in [6.07, 6.45) is 0. The van der Waals surface area contributed by atoms with Gasteiger partial charge < -0.3 is 10.1 Å². The van der Waals surface area contributed by atoms with E-state index < -0.39 is 5.82 Å². The summed E-state index contributed by atoms with van der Waals surface area (Å²) < 4.78 is 32.9. The fourth-order valence-electron chi connectivity index (χ4n) is 2.40. The predicted octanol–water partition coefficient (Wildman–Crippen LogP) is 4.31. The first kappa shape index (κ1) is 15.4. The van der Waals surface area contributed by atoms with Crippen molar-refractivity contribution in [3.8, 4) is 16.9 Å². The molecular weight excluding hydrogens is 272 g/mol. The molecule has 0 saturated carbocycles. The Morgan fingerprint density at radius 2 is 1.86 bits per heavy atom. The quantitative estimate of drug-likeness (QED) is 0.886. The van der Waals surface area contributed by atoms with Gasteiger partial charge in [0.15, 0.2) is 0 Å². The molecule has 0 aliphatic rings. The molecule has 0 amide bonds. The normalized spacial score (nSPS) is 12.2. The first-order valence-electron chi connectivity index (χ1n) is 6.93. The third-order valence-corrected chi connectivity index (χ3v) is 3.46. The fourth-order valence-corrected chi connectivity index (χ4v) is 2.40. The van der Waals surface area contributed by atoms with E-state index in [0.717, 1.165) is 12.1 Å². The molecule has 0 saturated heterocycles. The van der Waals surface area contributed by atoms with Crippen molar-refractivity contribution in [3.63, 3.8) is 0 Å². The SMILES string of the molecule is CCNC(C)c1ccc(F)cc1-c1ccc(OC)cc1F. The first-order chi connectivity index (χ1) is 10.1. The summed E-state index contributed by atoms with van der Waals surface area (Å²) in [4.78, 5) is 0. The average molecular weight is 291 g/mol. The largest absolute Gasteiger partial charge is 0.497 e. The third kappa shape index (κ3) is 3.39. The van der Waals surface area contributed by atoms with Gasteiger partial charge in [0, 0.05) is 17.7 Å². The van der Waals surface area contributed by atoms with Crippen molar-refractivity contribution in [2.75, 3.05) is 13.7 Å². The molecule has 1 atom stereocenters. The van der Waals surface area contributed by atoms with Crippen LogP contribution in [0.3, 0.4) is 0 Å². The van der Waals surface area contributed by atoms with Crippen LogP contribution in [0, 0.1) is 11.6 Å². The van der Waals surface area contributed by atoms with Crippen LogP contribution < -0.4 is 10.1 Å². The second-order valence-corrected chi connectivity index (χ2v) is 4.86. The summed E-state index contributed by atoms with van der Waals surface area (Å²) in [7, 11) is 1.48. The van der Waals surface area contributed by atoms with Crippen molar-refractivity contribution >= 4 is 0 Å². The number of nitrogens with one attached hydrogen (secondary N) is 1. The lowest BCUT2D eigenvalue weighted by atomic mass is 9.95. The highest BCUT2D eigenvalue weighted by Crippen LogP contribution is 2.32. The van der Waals surface area contributed by atoms with Crippen LogP contribution in [0.4, 0.5) is 8.78 Å². The Bertz CT molecular complexity index is 628. The van der Waals surface area contributed by atoms with Crippen LogP contribution in [0.25, 0.3) is 11.1 Å². The maximum absolute atomic E-state index is 14.3. The van der Waals surface area contributed by atoms with Gasteiger partial charge in [-0.05, 0) is 48.9 Å². The van der Waals surface area contributed by atoms with E-state index in [1.54, 1.807) is 18.2 Å². The van der Waals surface area contributed by atoms with Crippen LogP contribution in [0.15, 0.2) is 36.4 Å². The van der Waals surface area contributed by atoms with Crippen LogP contribution in [-0.2, 0) is 0 Å². The van der Waals surface area contributed by atoms with Crippen LogP contribution in [0.1, 0.15) is 25.5 Å². The number of benzene rings is 2. The van der Waals surface area contributed by atoms with Gasteiger partial charge in [0.25, 0.3) is 0 Å². The zero-order chi connectivity index (χ0) is 15.4. The molecule has 4 heteroatoms. The maximum Gasteiger partial charge on any atom is 0.134 e. The lowest BCUT2D eigenvalue weighted by Gasteiger charge is -2.18. The van der Waals surface area contributed by atoms with Crippen LogP contribution in [0.2, 0.25) is 0 Å². The molecule has 0 spiro atoms. The highest BCUT2D eigenvalue weighted by atomic mass is 19.1. The molecule has 1 N–H and O–H groups in total. The highest BCUT2D eigenvalue weighted by molar-refractivity contribution is 5.69. The monoisotopic (exact) mass is 291 g/mol. The van der Waals surface area contributed by atoms with E-state index in [9.17, 15) is 8.78 Å². The van der Waals surface area contributed by atoms with E-state index in [0.29, 0.717) is 16.9 Å². The minimum Gasteiger partial charge on any atom is -0.497 e. The third-order valence-electron chi connectivity index (χ3n) is 3.46. The molecule has 0 fully saturated rings. The summed E-state index contributed by atoms with van der Waals surface area (Å²) in [5.41, 5.74) is 1.79. The topological polar surface area (TPSA) is 21.3 Å². The second kappa shape index (κ2) is 6.68. The summed E-state index contributed by atoms with van der Waals surface area (Å²) in [6.45, 7) is 4.75. The van der Waals surface area contributed by atoms with E-state index in [1.807, 2.05) is 13.8 Å². The molecule has 0 heterocycles. The van der Waals surface area contributed by atoms with Gasteiger partial charge in [0.2, 0.25) is 0 Å². The lowest BCUT2D eigenvalue weighted by Crippen LogP contribution is -2.18. The molecule has 0 aliphatic carbocycles. The molecule has 112 valence electrons. The van der Waals surface area contributed by atoms with Gasteiger partial charge in [0.1, 0.15) is 17.4 Å². The lowest BCUT2D eigenvalue weighted by molar-refractivity contribution is 0.411. The Morgan fingerprint density at radius 1 is 1.10 bits per heavy atom. The standard InChI is InChI=1S/C17H19F2NO/c1-4-20-11(2)14-7-5-12(18)9-16(14)15-8-6-13(21-3)10-17(15)19/h5-11,20H,4H2,1-3H3. The molecule has 0 aliphatic heterocycles. The number of hydrogen-bond donors (Lipinski definition) is 1. The molecule has 2 aromatic carbocycles. The molecule has 0 radical (unpaired) electrons. The Balaban J connectivity index is 2.54. The Labute approximate surface area is 123 Å². The van der Waals surface area contributed by atoms with E-state index in [2.05, 4.69) is 5.32 Å². The molecular formula is C17H19F2NO. The van der Waals surface area contributed by atoms with Gasteiger partial charge >= 0.3 is 0 Å². The van der Waals surface area contributed by atoms with Crippen molar-refractivity contribution in [1.82, 2.24) is 5.32 Å². The van der Waals surface area contributed by atoms with Crippen molar-refractivity contribution < 1.29 is 13.5 Å². The van der Waals surface area contributed by atoms with Crippen LogP contribution in [0.5, 0.6) is 5.75 Å². The molecule has 2 aromatic rings. The number of ether oxygens (including phenoxy) is 1. The Hall–Kier alpha value is -1.94. The first-order valence-corrected chi connectivity index (χ1v) is 6.93. The van der Waals surface area contributed by atoms with Gasteiger partial charge in [-0.2, -0.15) is 0 Å². The molecule has 1 unspecified atom stereocenters. The van der Waals surface area contributed by atoms with Crippen molar-refractivity contribution in [2.24, 2.45) is 0 Å². The van der Waals surface area contributed by atoms with Gasteiger partial charge in [-0.15, -0.1) is 0 Å². The molecule has 0 aromatic heterocycles. The Morgan fingerprint density at radius 3 is 2.48 bits per heavy atom. The smallest absolute Gasteiger partial charge is 0.134 e. The van der Waals surface area contributed by atoms with E-state index >= 15 is 0 Å². The van der Waals surface area contributed by atoms with Gasteiger partial charge in [-0.3, -0.25) is 0 Å². The average Bonchev–Trinajstić information content (AvgIpc) is 2.47. The number of hydrogen-bond acceptors (Lipinski definition) is 2. The summed E-state index contributed by atoms with van der Waals surface area (Å²) in [6, 6.07) is 9.06. The maximum atomic E-state index is 14.3. The van der Waals surface area contributed by atoms with Gasteiger partial charge in [-0.1, -0.05) is 13.0 Å². The zero-order valence-electron chi connectivity index (χ0n) is 12.4. The highest BCUT2D eigenvalue weighted by Gasteiger charge is 2.15. The van der Waals surface area contributed by atoms with Crippen LogP contribution >= 0.6 is 0 Å².